The van der Waals surface area contributed by atoms with Gasteiger partial charge in [0.1, 0.15) is 0 Å². The summed E-state index contributed by atoms with van der Waals surface area (Å²) in [4.78, 5) is 18.1. The van der Waals surface area contributed by atoms with Crippen LogP contribution >= 0.6 is 0 Å². The van der Waals surface area contributed by atoms with E-state index in [9.17, 15) is 4.79 Å². The number of aromatic amines is 1. The van der Waals surface area contributed by atoms with E-state index in [2.05, 4.69) is 22.2 Å². The predicted octanol–water partition coefficient (Wildman–Crippen LogP) is 0.708. The largest absolute Gasteiger partial charge is 0.489 e. The molecule has 0 bridgehead atoms. The molecular formula is C11H20N4O2. The molecule has 1 unspecified atom stereocenters. The Morgan fingerprint density at radius 1 is 1.65 bits per heavy atom. The zero-order valence-corrected chi connectivity index (χ0v) is 10.5. The van der Waals surface area contributed by atoms with Crippen molar-refractivity contribution < 1.29 is 4.74 Å². The van der Waals surface area contributed by atoms with Gasteiger partial charge in [0.2, 0.25) is 5.75 Å². The molecule has 0 aliphatic heterocycles. The van der Waals surface area contributed by atoms with Crippen molar-refractivity contribution in [2.75, 3.05) is 19.0 Å². The van der Waals surface area contributed by atoms with Crippen LogP contribution in [0.2, 0.25) is 0 Å². The quantitative estimate of drug-likeness (QED) is 0.681. The maximum atomic E-state index is 11.5. The molecular weight excluding hydrogens is 220 g/mol. The zero-order chi connectivity index (χ0) is 12.9. The highest BCUT2D eigenvalue weighted by molar-refractivity contribution is 5.49. The number of ether oxygens (including phenoxy) is 1. The lowest BCUT2D eigenvalue weighted by Crippen LogP contribution is -2.37. The van der Waals surface area contributed by atoms with Crippen LogP contribution in [0.4, 0.5) is 5.82 Å². The molecule has 0 aliphatic carbocycles. The number of methoxy groups -OCH3 is 1. The summed E-state index contributed by atoms with van der Waals surface area (Å²) in [6.07, 6.45) is 3.02. The molecule has 0 saturated heterocycles. The van der Waals surface area contributed by atoms with Crippen molar-refractivity contribution in [3.63, 3.8) is 0 Å². The number of hydrogen-bond donors (Lipinski definition) is 3. The smallest absolute Gasteiger partial charge is 0.295 e. The highest BCUT2D eigenvalue weighted by Crippen LogP contribution is 2.24. The second-order valence-corrected chi connectivity index (χ2v) is 4.19. The summed E-state index contributed by atoms with van der Waals surface area (Å²) >= 11 is 0. The Morgan fingerprint density at radius 2 is 2.35 bits per heavy atom. The van der Waals surface area contributed by atoms with Gasteiger partial charge in [-0.1, -0.05) is 6.92 Å². The van der Waals surface area contributed by atoms with E-state index in [-0.39, 0.29) is 16.8 Å². The Kier molecular flexibility index (Phi) is 4.51. The van der Waals surface area contributed by atoms with E-state index in [1.165, 1.54) is 13.4 Å². The van der Waals surface area contributed by atoms with Crippen molar-refractivity contribution in [2.24, 2.45) is 5.73 Å². The molecule has 96 valence electrons. The fraction of sp³-hybridized carbons (Fsp3) is 0.636. The number of H-pyrrole nitrogens is 1. The predicted molar refractivity (Wildman–Crippen MR) is 67.4 cm³/mol. The number of nitrogens with two attached hydrogens (primary N) is 1. The normalized spacial score (nSPS) is 14.1. The maximum Gasteiger partial charge on any atom is 0.295 e. The average Bonchev–Trinajstić information content (AvgIpc) is 2.30. The molecule has 0 amide bonds. The van der Waals surface area contributed by atoms with Crippen LogP contribution in [0.5, 0.6) is 5.75 Å². The van der Waals surface area contributed by atoms with Gasteiger partial charge in [-0.15, -0.1) is 0 Å². The van der Waals surface area contributed by atoms with Crippen LogP contribution in [-0.4, -0.2) is 29.2 Å². The van der Waals surface area contributed by atoms with Crippen LogP contribution in [0.3, 0.4) is 0 Å². The summed E-state index contributed by atoms with van der Waals surface area (Å²) in [6, 6.07) is 0. The van der Waals surface area contributed by atoms with Crippen molar-refractivity contribution in [3.8, 4) is 5.75 Å². The molecule has 0 fully saturated rings. The Bertz CT molecular complexity index is 418. The number of hydrogen-bond acceptors (Lipinski definition) is 5. The summed E-state index contributed by atoms with van der Waals surface area (Å²) < 4.78 is 5.04. The van der Waals surface area contributed by atoms with Gasteiger partial charge in [0.25, 0.3) is 5.56 Å². The van der Waals surface area contributed by atoms with Crippen molar-refractivity contribution >= 4 is 5.82 Å². The molecule has 0 aliphatic rings. The van der Waals surface area contributed by atoms with E-state index in [4.69, 9.17) is 10.5 Å². The topological polar surface area (TPSA) is 93.0 Å². The van der Waals surface area contributed by atoms with Gasteiger partial charge in [0, 0.05) is 5.54 Å². The van der Waals surface area contributed by atoms with Crippen molar-refractivity contribution in [1.29, 1.82) is 0 Å². The van der Waals surface area contributed by atoms with Gasteiger partial charge in [-0.05, 0) is 26.3 Å². The Labute approximate surface area is 101 Å². The maximum absolute atomic E-state index is 11.5. The second-order valence-electron chi connectivity index (χ2n) is 4.19. The van der Waals surface area contributed by atoms with E-state index in [0.29, 0.717) is 12.4 Å². The second kappa shape index (κ2) is 5.67. The number of nitrogens with one attached hydrogen (secondary N) is 2. The molecule has 1 aromatic rings. The molecule has 1 heterocycles. The van der Waals surface area contributed by atoms with Gasteiger partial charge >= 0.3 is 0 Å². The van der Waals surface area contributed by atoms with E-state index < -0.39 is 0 Å². The number of anilines is 1. The Hall–Kier alpha value is -1.56. The molecule has 1 rings (SSSR count). The molecule has 6 nitrogen and oxygen atoms in total. The molecule has 17 heavy (non-hydrogen) atoms. The summed E-state index contributed by atoms with van der Waals surface area (Å²) in [5.74, 6) is 0.651. The van der Waals surface area contributed by atoms with E-state index >= 15 is 0 Å². The molecule has 0 saturated carbocycles. The van der Waals surface area contributed by atoms with Crippen LogP contribution in [0, 0.1) is 0 Å². The van der Waals surface area contributed by atoms with Crippen LogP contribution in [-0.2, 0) is 0 Å². The SMILES string of the molecule is CCC(C)(CCN)Nc1nc[nH]c(=O)c1OC. The Morgan fingerprint density at radius 3 is 2.88 bits per heavy atom. The first-order valence-electron chi connectivity index (χ1n) is 5.66. The highest BCUT2D eigenvalue weighted by Gasteiger charge is 2.23. The minimum Gasteiger partial charge on any atom is -0.489 e. The summed E-state index contributed by atoms with van der Waals surface area (Å²) in [5.41, 5.74) is 5.10. The molecule has 1 aromatic heterocycles. The molecule has 1 atom stereocenters. The number of aromatic nitrogens is 2. The van der Waals surface area contributed by atoms with Crippen LogP contribution in [0.15, 0.2) is 11.1 Å². The van der Waals surface area contributed by atoms with Gasteiger partial charge in [0.05, 0.1) is 13.4 Å². The first-order valence-corrected chi connectivity index (χ1v) is 5.66. The Balaban J connectivity index is 3.01. The fourth-order valence-corrected chi connectivity index (χ4v) is 1.60. The summed E-state index contributed by atoms with van der Waals surface area (Å²) in [7, 11) is 1.45. The van der Waals surface area contributed by atoms with E-state index in [1.54, 1.807) is 0 Å². The molecule has 0 aromatic carbocycles. The third-order valence-corrected chi connectivity index (χ3v) is 2.91. The van der Waals surface area contributed by atoms with Crippen LogP contribution in [0.25, 0.3) is 0 Å². The minimum absolute atomic E-state index is 0.192. The van der Waals surface area contributed by atoms with Crippen molar-refractivity contribution in [2.45, 2.75) is 32.2 Å². The number of rotatable bonds is 6. The molecule has 4 N–H and O–H groups in total. The first kappa shape index (κ1) is 13.5. The highest BCUT2D eigenvalue weighted by atomic mass is 16.5. The summed E-state index contributed by atoms with van der Waals surface area (Å²) in [6.45, 7) is 4.67. The first-order chi connectivity index (χ1) is 8.06. The van der Waals surface area contributed by atoms with Crippen LogP contribution in [0.1, 0.15) is 26.7 Å². The molecule has 0 radical (unpaired) electrons. The lowest BCUT2D eigenvalue weighted by molar-refractivity contribution is 0.401. The van der Waals surface area contributed by atoms with E-state index in [0.717, 1.165) is 12.8 Å². The average molecular weight is 240 g/mol. The van der Waals surface area contributed by atoms with E-state index in [1.807, 2.05) is 6.92 Å². The van der Waals surface area contributed by atoms with Crippen molar-refractivity contribution in [3.05, 3.63) is 16.7 Å². The van der Waals surface area contributed by atoms with Gasteiger partial charge in [-0.2, -0.15) is 0 Å². The third kappa shape index (κ3) is 3.20. The third-order valence-electron chi connectivity index (χ3n) is 2.91. The molecule has 0 spiro atoms. The lowest BCUT2D eigenvalue weighted by Gasteiger charge is -2.30. The molecule has 6 heteroatoms. The number of nitrogens with zero attached hydrogens (tertiary/aromatic N) is 1. The van der Waals surface area contributed by atoms with Gasteiger partial charge in [0.15, 0.2) is 5.82 Å². The van der Waals surface area contributed by atoms with Gasteiger partial charge in [-0.25, -0.2) is 4.98 Å². The zero-order valence-electron chi connectivity index (χ0n) is 10.5. The standard InChI is InChI=1S/C11H20N4O2/c1-4-11(2,5-6-12)15-9-8(17-3)10(16)14-7-13-9/h7H,4-6,12H2,1-3H3,(H2,13,14,15,16). The lowest BCUT2D eigenvalue weighted by atomic mass is 9.94. The van der Waals surface area contributed by atoms with Crippen LogP contribution < -0.4 is 21.3 Å². The van der Waals surface area contributed by atoms with Crippen molar-refractivity contribution in [1.82, 2.24) is 9.97 Å². The fourth-order valence-electron chi connectivity index (χ4n) is 1.60. The minimum atomic E-state index is -0.295. The van der Waals surface area contributed by atoms with Gasteiger partial charge < -0.3 is 20.8 Å². The monoisotopic (exact) mass is 240 g/mol. The summed E-state index contributed by atoms with van der Waals surface area (Å²) in [5, 5.41) is 3.23. The van der Waals surface area contributed by atoms with Gasteiger partial charge in [-0.3, -0.25) is 4.79 Å².